The molecule has 4 rings (SSSR count). The Balaban J connectivity index is 1.78. The van der Waals surface area contributed by atoms with Gasteiger partial charge in [0.25, 0.3) is 0 Å². The van der Waals surface area contributed by atoms with Gasteiger partial charge in [-0.25, -0.2) is 0 Å². The fourth-order valence-electron chi connectivity index (χ4n) is 3.86. The van der Waals surface area contributed by atoms with Crippen LogP contribution in [0.4, 0.5) is 0 Å². The van der Waals surface area contributed by atoms with Crippen LogP contribution in [0.5, 0.6) is 0 Å². The number of ketones is 2. The summed E-state index contributed by atoms with van der Waals surface area (Å²) < 4.78 is 5.71. The third-order valence-electron chi connectivity index (χ3n) is 4.89. The van der Waals surface area contributed by atoms with Gasteiger partial charge in [-0.15, -0.1) is 0 Å². The van der Waals surface area contributed by atoms with Gasteiger partial charge in [-0.05, 0) is 18.8 Å². The molecule has 1 saturated heterocycles. The lowest BCUT2D eigenvalue weighted by Crippen LogP contribution is -2.43. The van der Waals surface area contributed by atoms with E-state index in [0.29, 0.717) is 11.1 Å². The van der Waals surface area contributed by atoms with Crippen molar-refractivity contribution in [3.05, 3.63) is 35.4 Å². The van der Waals surface area contributed by atoms with Gasteiger partial charge in [0.05, 0.1) is 0 Å². The maximum Gasteiger partial charge on any atom is 0.198 e. The Bertz CT molecular complexity index is 571. The number of hydrogen-bond donors (Lipinski definition) is 0. The van der Waals surface area contributed by atoms with Crippen LogP contribution >= 0.6 is 0 Å². The van der Waals surface area contributed by atoms with Crippen LogP contribution < -0.4 is 0 Å². The number of epoxide rings is 1. The second-order valence-corrected chi connectivity index (χ2v) is 5.86. The van der Waals surface area contributed by atoms with E-state index in [0.717, 1.165) is 25.7 Å². The lowest BCUT2D eigenvalue weighted by molar-refractivity contribution is 0.0756. The van der Waals surface area contributed by atoms with Crippen LogP contribution in [-0.4, -0.2) is 23.3 Å². The number of carbonyl (C=O) groups excluding carboxylic acids is 2. The third kappa shape index (κ3) is 1.36. The average Bonchev–Trinajstić information content (AvgIpc) is 3.23. The summed E-state index contributed by atoms with van der Waals surface area (Å²) >= 11 is 0. The highest BCUT2D eigenvalue weighted by Gasteiger charge is 2.71. The molecule has 2 aliphatic carbocycles. The van der Waals surface area contributed by atoms with Crippen molar-refractivity contribution in [2.45, 2.75) is 43.8 Å². The Labute approximate surface area is 111 Å². The van der Waals surface area contributed by atoms with E-state index in [1.165, 1.54) is 6.42 Å². The molecule has 2 atom stereocenters. The number of benzene rings is 1. The predicted octanol–water partition coefficient (Wildman–Crippen LogP) is 2.78. The SMILES string of the molecule is O=C1c2ccccc2C(=O)[C@@]2(C3CCCCC3)O[C@@H]12. The number of Topliss-reactive ketones (excluding diaryl/α,β-unsaturated/α-hetero) is 2. The molecular weight excluding hydrogens is 240 g/mol. The van der Waals surface area contributed by atoms with Crippen LogP contribution in [0.1, 0.15) is 52.8 Å². The molecule has 3 heteroatoms. The number of fused-ring (bicyclic) bond motifs is 2. The quantitative estimate of drug-likeness (QED) is 0.726. The summed E-state index contributed by atoms with van der Waals surface area (Å²) in [5, 5.41) is 0. The molecule has 1 aliphatic heterocycles. The molecule has 0 N–H and O–H groups in total. The van der Waals surface area contributed by atoms with Gasteiger partial charge in [-0.3, -0.25) is 9.59 Å². The van der Waals surface area contributed by atoms with E-state index in [1.807, 2.05) is 6.07 Å². The van der Waals surface area contributed by atoms with E-state index in [2.05, 4.69) is 0 Å². The first-order chi connectivity index (χ1) is 9.25. The predicted molar refractivity (Wildman–Crippen MR) is 69.3 cm³/mol. The summed E-state index contributed by atoms with van der Waals surface area (Å²) in [5.41, 5.74) is 0.305. The van der Waals surface area contributed by atoms with Gasteiger partial charge < -0.3 is 4.74 Å². The second kappa shape index (κ2) is 3.76. The summed E-state index contributed by atoms with van der Waals surface area (Å²) in [5.74, 6) is 0.274. The van der Waals surface area contributed by atoms with Crippen molar-refractivity contribution in [3.63, 3.8) is 0 Å². The molecule has 1 heterocycles. The molecule has 3 aliphatic rings. The van der Waals surface area contributed by atoms with Crippen LogP contribution in [0.3, 0.4) is 0 Å². The molecule has 0 amide bonds. The zero-order valence-electron chi connectivity index (χ0n) is 10.7. The van der Waals surface area contributed by atoms with Gasteiger partial charge in [0.2, 0.25) is 0 Å². The van der Waals surface area contributed by atoms with Crippen LogP contribution in [0.25, 0.3) is 0 Å². The van der Waals surface area contributed by atoms with E-state index in [4.69, 9.17) is 4.74 Å². The van der Waals surface area contributed by atoms with Crippen LogP contribution in [0.2, 0.25) is 0 Å². The normalized spacial score (nSPS) is 33.8. The molecule has 0 aromatic heterocycles. The molecular formula is C16H16O3. The molecule has 1 saturated carbocycles. The molecule has 0 spiro atoms. The molecule has 0 radical (unpaired) electrons. The highest BCUT2D eigenvalue weighted by Crippen LogP contribution is 2.54. The number of rotatable bonds is 1. The maximum absolute atomic E-state index is 12.7. The summed E-state index contributed by atoms with van der Waals surface area (Å²) in [6.45, 7) is 0. The van der Waals surface area contributed by atoms with Crippen molar-refractivity contribution in [1.29, 1.82) is 0 Å². The molecule has 3 nitrogen and oxygen atoms in total. The van der Waals surface area contributed by atoms with Crippen molar-refractivity contribution in [1.82, 2.24) is 0 Å². The average molecular weight is 256 g/mol. The van der Waals surface area contributed by atoms with Crippen LogP contribution in [0, 0.1) is 5.92 Å². The highest BCUT2D eigenvalue weighted by atomic mass is 16.6. The first-order valence-electron chi connectivity index (χ1n) is 7.11. The zero-order chi connectivity index (χ0) is 13.0. The van der Waals surface area contributed by atoms with Gasteiger partial charge in [0.15, 0.2) is 23.3 Å². The zero-order valence-corrected chi connectivity index (χ0v) is 10.7. The topological polar surface area (TPSA) is 46.7 Å². The smallest absolute Gasteiger partial charge is 0.198 e. The fourth-order valence-corrected chi connectivity index (χ4v) is 3.86. The first-order valence-corrected chi connectivity index (χ1v) is 7.11. The minimum absolute atomic E-state index is 0.000716. The van der Waals surface area contributed by atoms with Gasteiger partial charge in [-0.2, -0.15) is 0 Å². The highest BCUT2D eigenvalue weighted by molar-refractivity contribution is 6.23. The Kier molecular flexibility index (Phi) is 2.25. The Morgan fingerprint density at radius 1 is 1.00 bits per heavy atom. The van der Waals surface area contributed by atoms with Crippen molar-refractivity contribution in [3.8, 4) is 0 Å². The Hall–Kier alpha value is -1.48. The van der Waals surface area contributed by atoms with E-state index >= 15 is 0 Å². The Morgan fingerprint density at radius 2 is 1.68 bits per heavy atom. The molecule has 1 aromatic carbocycles. The number of ether oxygens (including phenoxy) is 1. The summed E-state index contributed by atoms with van der Waals surface area (Å²) in [7, 11) is 0. The van der Waals surface area contributed by atoms with Gasteiger partial charge in [0, 0.05) is 11.1 Å². The van der Waals surface area contributed by atoms with Crippen molar-refractivity contribution < 1.29 is 14.3 Å². The van der Waals surface area contributed by atoms with E-state index in [9.17, 15) is 9.59 Å². The van der Waals surface area contributed by atoms with Gasteiger partial charge >= 0.3 is 0 Å². The molecule has 98 valence electrons. The van der Waals surface area contributed by atoms with E-state index in [-0.39, 0.29) is 17.5 Å². The van der Waals surface area contributed by atoms with E-state index in [1.54, 1.807) is 18.2 Å². The first kappa shape index (κ1) is 11.4. The number of hydrogen-bond acceptors (Lipinski definition) is 3. The van der Waals surface area contributed by atoms with Gasteiger partial charge in [0.1, 0.15) is 0 Å². The molecule has 1 aromatic rings. The molecule has 0 bridgehead atoms. The van der Waals surface area contributed by atoms with Crippen molar-refractivity contribution in [2.75, 3.05) is 0 Å². The van der Waals surface area contributed by atoms with Crippen LogP contribution in [0.15, 0.2) is 24.3 Å². The van der Waals surface area contributed by atoms with E-state index < -0.39 is 11.7 Å². The lowest BCUT2D eigenvalue weighted by Gasteiger charge is -2.29. The third-order valence-corrected chi connectivity index (χ3v) is 4.89. The summed E-state index contributed by atoms with van der Waals surface area (Å²) in [4.78, 5) is 25.1. The number of carbonyl (C=O) groups is 2. The maximum atomic E-state index is 12.7. The molecule has 19 heavy (non-hydrogen) atoms. The summed E-state index contributed by atoms with van der Waals surface area (Å²) in [6, 6.07) is 7.13. The molecule has 2 fully saturated rings. The van der Waals surface area contributed by atoms with Crippen LogP contribution in [-0.2, 0) is 4.74 Å². The lowest BCUT2D eigenvalue weighted by atomic mass is 9.70. The van der Waals surface area contributed by atoms with Crippen molar-refractivity contribution >= 4 is 11.6 Å². The molecule has 0 unspecified atom stereocenters. The fraction of sp³-hybridized carbons (Fsp3) is 0.500. The summed E-state index contributed by atoms with van der Waals surface area (Å²) in [6.07, 6.45) is 5.04. The Morgan fingerprint density at radius 3 is 2.42 bits per heavy atom. The van der Waals surface area contributed by atoms with Crippen molar-refractivity contribution in [2.24, 2.45) is 5.92 Å². The second-order valence-electron chi connectivity index (χ2n) is 5.86. The standard InChI is InChI=1S/C16H16O3/c17-13-11-8-4-5-9-12(11)14(18)16(15(13)19-16)10-6-2-1-3-7-10/h4-5,8-10,15H,1-3,6-7H2/t15-,16+/m0/s1. The van der Waals surface area contributed by atoms with Gasteiger partial charge in [-0.1, -0.05) is 43.5 Å². The minimum Gasteiger partial charge on any atom is -0.348 e. The minimum atomic E-state index is -0.800. The monoisotopic (exact) mass is 256 g/mol. The largest absolute Gasteiger partial charge is 0.348 e.